The summed E-state index contributed by atoms with van der Waals surface area (Å²) in [6, 6.07) is 24.6. The first-order chi connectivity index (χ1) is 16.0. The Morgan fingerprint density at radius 3 is 2.21 bits per heavy atom. The van der Waals surface area contributed by atoms with Gasteiger partial charge >= 0.3 is 0 Å². The molecule has 3 aromatic carbocycles. The Bertz CT molecular complexity index is 1350. The molecule has 0 fully saturated rings. The highest BCUT2D eigenvalue weighted by molar-refractivity contribution is 6.04. The van der Waals surface area contributed by atoms with Gasteiger partial charge in [-0.05, 0) is 54.6 Å². The van der Waals surface area contributed by atoms with Crippen LogP contribution in [-0.2, 0) is 6.54 Å². The molecule has 0 aliphatic heterocycles. The Labute approximate surface area is 189 Å². The van der Waals surface area contributed by atoms with Crippen LogP contribution in [0.4, 0.5) is 10.1 Å². The molecule has 33 heavy (non-hydrogen) atoms. The van der Waals surface area contributed by atoms with Crippen LogP contribution < -0.4 is 16.2 Å². The monoisotopic (exact) mass is 441 g/mol. The van der Waals surface area contributed by atoms with Crippen LogP contribution in [-0.4, -0.2) is 16.4 Å². The van der Waals surface area contributed by atoms with Gasteiger partial charge in [0.2, 0.25) is 0 Å². The van der Waals surface area contributed by atoms with Crippen molar-refractivity contribution in [3.8, 4) is 5.69 Å². The molecule has 0 radical (unpaired) electrons. The van der Waals surface area contributed by atoms with Crippen LogP contribution in [0.5, 0.6) is 0 Å². The number of pyridine rings is 1. The normalized spacial score (nSPS) is 10.5. The first-order valence-electron chi connectivity index (χ1n) is 10.2. The number of carbonyl (C=O) groups excluding carboxylic acids is 2. The molecule has 1 heterocycles. The van der Waals surface area contributed by atoms with Crippen LogP contribution in [0.25, 0.3) is 5.69 Å². The second-order valence-corrected chi connectivity index (χ2v) is 7.24. The van der Waals surface area contributed by atoms with Crippen molar-refractivity contribution >= 4 is 17.5 Å². The van der Waals surface area contributed by atoms with E-state index in [2.05, 4.69) is 10.6 Å². The van der Waals surface area contributed by atoms with Gasteiger partial charge in [-0.1, -0.05) is 36.4 Å². The summed E-state index contributed by atoms with van der Waals surface area (Å²) in [6.07, 6.45) is 1.55. The van der Waals surface area contributed by atoms with Gasteiger partial charge in [-0.25, -0.2) is 4.39 Å². The molecule has 0 aliphatic carbocycles. The highest BCUT2D eigenvalue weighted by Crippen LogP contribution is 2.14. The molecule has 0 spiro atoms. The molecule has 0 aliphatic rings. The number of amides is 2. The zero-order valence-electron chi connectivity index (χ0n) is 17.5. The van der Waals surface area contributed by atoms with Crippen LogP contribution in [0.3, 0.4) is 0 Å². The summed E-state index contributed by atoms with van der Waals surface area (Å²) in [6.45, 7) is -0.0321. The van der Waals surface area contributed by atoms with E-state index in [1.807, 2.05) is 6.07 Å². The number of hydrogen-bond acceptors (Lipinski definition) is 3. The van der Waals surface area contributed by atoms with Crippen LogP contribution in [0.1, 0.15) is 26.3 Å². The van der Waals surface area contributed by atoms with E-state index in [0.717, 1.165) is 0 Å². The Hall–Kier alpha value is -4.52. The third-order valence-electron chi connectivity index (χ3n) is 5.03. The minimum absolute atomic E-state index is 0.0321. The number of carbonyl (C=O) groups is 2. The van der Waals surface area contributed by atoms with Gasteiger partial charge in [0.05, 0.1) is 0 Å². The molecule has 2 amide bonds. The third kappa shape index (κ3) is 5.04. The number of benzene rings is 3. The standard InChI is InChI=1S/C26H20FN3O3/c27-23-11-5-4-9-19(23)17-28-25(32)22-10-6-16-30(26(22)33)21-14-12-20(13-15-21)29-24(31)18-7-2-1-3-8-18/h1-16H,17H2,(H,28,32)(H,29,31). The van der Waals surface area contributed by atoms with Crippen molar-refractivity contribution in [2.45, 2.75) is 6.54 Å². The molecule has 2 N–H and O–H groups in total. The highest BCUT2D eigenvalue weighted by Gasteiger charge is 2.14. The molecule has 7 heteroatoms. The largest absolute Gasteiger partial charge is 0.348 e. The third-order valence-corrected chi connectivity index (χ3v) is 5.03. The number of anilines is 1. The molecule has 0 saturated heterocycles. The molecule has 6 nitrogen and oxygen atoms in total. The van der Waals surface area contributed by atoms with E-state index in [4.69, 9.17) is 0 Å². The zero-order chi connectivity index (χ0) is 23.2. The first kappa shape index (κ1) is 21.7. The summed E-state index contributed by atoms with van der Waals surface area (Å²) in [5, 5.41) is 5.38. The van der Waals surface area contributed by atoms with Gasteiger partial charge in [0.1, 0.15) is 11.4 Å². The molecule has 0 unspecified atom stereocenters. The second-order valence-electron chi connectivity index (χ2n) is 7.24. The van der Waals surface area contributed by atoms with Gasteiger partial charge in [-0.3, -0.25) is 19.0 Å². The number of nitrogens with zero attached hydrogens (tertiary/aromatic N) is 1. The minimum Gasteiger partial charge on any atom is -0.348 e. The topological polar surface area (TPSA) is 80.2 Å². The van der Waals surface area contributed by atoms with Crippen molar-refractivity contribution in [3.05, 3.63) is 130 Å². The Morgan fingerprint density at radius 1 is 0.788 bits per heavy atom. The number of halogens is 1. The van der Waals surface area contributed by atoms with Crippen molar-refractivity contribution in [1.82, 2.24) is 9.88 Å². The van der Waals surface area contributed by atoms with Gasteiger partial charge in [0, 0.05) is 35.2 Å². The number of nitrogens with one attached hydrogen (secondary N) is 2. The SMILES string of the molecule is O=C(Nc1ccc(-n2cccc(C(=O)NCc3ccccc3F)c2=O)cc1)c1ccccc1. The van der Waals surface area contributed by atoms with Gasteiger partial charge in [0.15, 0.2) is 0 Å². The van der Waals surface area contributed by atoms with Gasteiger partial charge in [0.25, 0.3) is 17.4 Å². The average Bonchev–Trinajstić information content (AvgIpc) is 2.84. The molecule has 0 saturated carbocycles. The quantitative estimate of drug-likeness (QED) is 0.472. The Morgan fingerprint density at radius 2 is 1.48 bits per heavy atom. The van der Waals surface area contributed by atoms with Crippen molar-refractivity contribution < 1.29 is 14.0 Å². The van der Waals surface area contributed by atoms with Crippen LogP contribution >= 0.6 is 0 Å². The predicted molar refractivity (Wildman–Crippen MR) is 124 cm³/mol. The smallest absolute Gasteiger partial charge is 0.267 e. The molecule has 0 bridgehead atoms. The highest BCUT2D eigenvalue weighted by atomic mass is 19.1. The Balaban J connectivity index is 1.49. The van der Waals surface area contributed by atoms with E-state index in [1.165, 1.54) is 16.7 Å². The molecular weight excluding hydrogens is 421 g/mol. The number of hydrogen-bond donors (Lipinski definition) is 2. The molecule has 0 atom stereocenters. The fraction of sp³-hybridized carbons (Fsp3) is 0.0385. The lowest BCUT2D eigenvalue weighted by molar-refractivity contribution is 0.0948. The van der Waals surface area contributed by atoms with Gasteiger partial charge in [-0.15, -0.1) is 0 Å². The zero-order valence-corrected chi connectivity index (χ0v) is 17.5. The number of aromatic nitrogens is 1. The second kappa shape index (κ2) is 9.74. The summed E-state index contributed by atoms with van der Waals surface area (Å²) in [5.74, 6) is -1.26. The maximum Gasteiger partial charge on any atom is 0.267 e. The lowest BCUT2D eigenvalue weighted by Crippen LogP contribution is -2.32. The molecule has 4 rings (SSSR count). The fourth-order valence-electron chi connectivity index (χ4n) is 3.28. The van der Waals surface area contributed by atoms with Crippen LogP contribution in [0.2, 0.25) is 0 Å². The molecule has 4 aromatic rings. The lowest BCUT2D eigenvalue weighted by atomic mass is 10.2. The van der Waals surface area contributed by atoms with E-state index < -0.39 is 17.3 Å². The average molecular weight is 441 g/mol. The summed E-state index contributed by atoms with van der Waals surface area (Å²) >= 11 is 0. The Kier molecular flexibility index (Phi) is 6.40. The van der Waals surface area contributed by atoms with E-state index in [1.54, 1.807) is 79.0 Å². The maximum atomic E-state index is 13.8. The fourth-order valence-corrected chi connectivity index (χ4v) is 3.28. The number of rotatable bonds is 6. The molecule has 1 aromatic heterocycles. The maximum absolute atomic E-state index is 13.8. The summed E-state index contributed by atoms with van der Waals surface area (Å²) in [4.78, 5) is 37.7. The van der Waals surface area contributed by atoms with Crippen molar-refractivity contribution in [1.29, 1.82) is 0 Å². The van der Waals surface area contributed by atoms with E-state index in [9.17, 15) is 18.8 Å². The van der Waals surface area contributed by atoms with E-state index >= 15 is 0 Å². The van der Waals surface area contributed by atoms with Crippen molar-refractivity contribution in [3.63, 3.8) is 0 Å². The minimum atomic E-state index is -0.593. The van der Waals surface area contributed by atoms with E-state index in [0.29, 0.717) is 22.5 Å². The van der Waals surface area contributed by atoms with E-state index in [-0.39, 0.29) is 18.0 Å². The first-order valence-corrected chi connectivity index (χ1v) is 10.2. The summed E-state index contributed by atoms with van der Waals surface area (Å²) < 4.78 is 15.1. The van der Waals surface area contributed by atoms with Crippen LogP contribution in [0.15, 0.2) is 102 Å². The predicted octanol–water partition coefficient (Wildman–Crippen LogP) is 4.16. The van der Waals surface area contributed by atoms with Crippen molar-refractivity contribution in [2.24, 2.45) is 0 Å². The molecular formula is C26H20FN3O3. The summed E-state index contributed by atoms with van der Waals surface area (Å²) in [7, 11) is 0. The van der Waals surface area contributed by atoms with Crippen molar-refractivity contribution in [2.75, 3.05) is 5.32 Å². The lowest BCUT2D eigenvalue weighted by Gasteiger charge is -2.10. The van der Waals surface area contributed by atoms with Gasteiger partial charge in [-0.2, -0.15) is 0 Å². The molecule has 164 valence electrons. The summed E-state index contributed by atoms with van der Waals surface area (Å²) in [5.41, 5.74) is 1.39. The van der Waals surface area contributed by atoms with Crippen LogP contribution in [0, 0.1) is 5.82 Å². The van der Waals surface area contributed by atoms with Gasteiger partial charge < -0.3 is 10.6 Å².